The Hall–Kier alpha value is -0.940. The van der Waals surface area contributed by atoms with Gasteiger partial charge in [0.15, 0.2) is 0 Å². The van der Waals surface area contributed by atoms with Crippen LogP contribution in [0.3, 0.4) is 0 Å². The van der Waals surface area contributed by atoms with Gasteiger partial charge in [-0.05, 0) is 12.5 Å². The first-order valence-corrected chi connectivity index (χ1v) is 7.96. The number of hydrogen-bond acceptors (Lipinski definition) is 6. The number of aromatic nitrogens is 2. The first-order valence-electron chi connectivity index (χ1n) is 6.43. The molecular formula is C10H14N5NaO7P+. The van der Waals surface area contributed by atoms with Crippen LogP contribution in [0.15, 0.2) is 20.9 Å². The van der Waals surface area contributed by atoms with E-state index in [9.17, 15) is 14.2 Å². The summed E-state index contributed by atoms with van der Waals surface area (Å²) in [7, 11) is -4.71. The van der Waals surface area contributed by atoms with E-state index in [1.54, 1.807) is 0 Å². The van der Waals surface area contributed by atoms with Gasteiger partial charge in [-0.1, -0.05) is 5.11 Å². The van der Waals surface area contributed by atoms with Crippen molar-refractivity contribution in [2.45, 2.75) is 31.7 Å². The largest absolute Gasteiger partial charge is 1.00 e. The zero-order valence-electron chi connectivity index (χ0n) is 12.9. The van der Waals surface area contributed by atoms with Gasteiger partial charge in [0.05, 0.1) is 18.8 Å². The van der Waals surface area contributed by atoms with Crippen molar-refractivity contribution in [2.24, 2.45) is 5.11 Å². The molecule has 24 heavy (non-hydrogen) atoms. The number of phosphoric acid groups is 1. The van der Waals surface area contributed by atoms with Crippen LogP contribution in [0.1, 0.15) is 18.2 Å². The minimum Gasteiger partial charge on any atom is -0.352 e. The summed E-state index contributed by atoms with van der Waals surface area (Å²) in [5.41, 5.74) is 7.60. The zero-order valence-corrected chi connectivity index (χ0v) is 15.8. The molecule has 1 aliphatic rings. The standard InChI is InChI=1S/C10H14N5O7P.Na/c1-5-3-15(10(17)12-9(5)16)8-2-6(13-14-11)7(22-8)4-21-23(18,19)20;/h3,6-8H,2,4H2,1H3,(H,12,16,17)(H2,18,19,20);/q;+1. The minimum atomic E-state index is -4.71. The second kappa shape index (κ2) is 8.43. The molecule has 0 bridgehead atoms. The average molecular weight is 370 g/mol. The molecule has 1 aromatic rings. The van der Waals surface area contributed by atoms with Crippen LogP contribution in [0.25, 0.3) is 10.4 Å². The van der Waals surface area contributed by atoms with Gasteiger partial charge in [0, 0.05) is 23.1 Å². The number of H-pyrrole nitrogens is 1. The number of rotatable bonds is 5. The Morgan fingerprint density at radius 1 is 1.58 bits per heavy atom. The number of nitrogens with zero attached hydrogens (tertiary/aromatic N) is 4. The molecule has 0 saturated carbocycles. The summed E-state index contributed by atoms with van der Waals surface area (Å²) >= 11 is 0. The van der Waals surface area contributed by atoms with Crippen LogP contribution in [0, 0.1) is 6.92 Å². The maximum atomic E-state index is 11.8. The van der Waals surface area contributed by atoms with Crippen molar-refractivity contribution in [1.82, 2.24) is 9.55 Å². The molecule has 1 saturated heterocycles. The normalized spacial score (nSPS) is 23.4. The molecule has 0 aromatic carbocycles. The molecule has 14 heteroatoms. The van der Waals surface area contributed by atoms with Crippen LogP contribution >= 0.6 is 7.82 Å². The third-order valence-electron chi connectivity index (χ3n) is 3.27. The molecule has 126 valence electrons. The summed E-state index contributed by atoms with van der Waals surface area (Å²) in [5.74, 6) is 0. The summed E-state index contributed by atoms with van der Waals surface area (Å²) in [6.07, 6.45) is -0.419. The van der Waals surface area contributed by atoms with Crippen molar-refractivity contribution >= 4 is 7.82 Å². The molecule has 1 aromatic heterocycles. The molecule has 1 aliphatic heterocycles. The molecule has 0 aliphatic carbocycles. The fourth-order valence-electron chi connectivity index (χ4n) is 2.19. The Morgan fingerprint density at radius 3 is 2.83 bits per heavy atom. The number of phosphoric ester groups is 1. The van der Waals surface area contributed by atoms with E-state index in [-0.39, 0.29) is 41.5 Å². The fraction of sp³-hybridized carbons (Fsp3) is 0.600. The fourth-order valence-corrected chi connectivity index (χ4v) is 2.54. The Bertz CT molecular complexity index is 798. The topological polar surface area (TPSA) is 180 Å². The van der Waals surface area contributed by atoms with Gasteiger partial charge in [0.25, 0.3) is 5.56 Å². The molecule has 2 heterocycles. The van der Waals surface area contributed by atoms with E-state index in [0.29, 0.717) is 0 Å². The van der Waals surface area contributed by atoms with Gasteiger partial charge >= 0.3 is 43.1 Å². The first kappa shape index (κ1) is 21.1. The SMILES string of the molecule is Cc1cn(C2CC(N=[N+]=[N-])C(COP(=O)(O)O)O2)c(=O)[nH]c1=O.[Na+]. The maximum absolute atomic E-state index is 11.8. The van der Waals surface area contributed by atoms with Crippen molar-refractivity contribution in [1.29, 1.82) is 0 Å². The van der Waals surface area contributed by atoms with E-state index in [1.165, 1.54) is 13.1 Å². The number of aromatic amines is 1. The van der Waals surface area contributed by atoms with Crippen LogP contribution in [0.4, 0.5) is 0 Å². The number of azide groups is 1. The van der Waals surface area contributed by atoms with Crippen LogP contribution in [0.2, 0.25) is 0 Å². The predicted molar refractivity (Wildman–Crippen MR) is 75.5 cm³/mol. The summed E-state index contributed by atoms with van der Waals surface area (Å²) in [6.45, 7) is 0.991. The van der Waals surface area contributed by atoms with Crippen molar-refractivity contribution in [3.05, 3.63) is 43.0 Å². The van der Waals surface area contributed by atoms with Crippen molar-refractivity contribution in [2.75, 3.05) is 6.61 Å². The molecule has 3 N–H and O–H groups in total. The Labute approximate surface area is 156 Å². The quantitative estimate of drug-likeness (QED) is 0.162. The predicted octanol–water partition coefficient (Wildman–Crippen LogP) is -3.08. The van der Waals surface area contributed by atoms with E-state index in [1.807, 2.05) is 0 Å². The van der Waals surface area contributed by atoms with Crippen LogP contribution in [0.5, 0.6) is 0 Å². The van der Waals surface area contributed by atoms with Gasteiger partial charge in [0.2, 0.25) is 0 Å². The van der Waals surface area contributed by atoms with Crippen molar-refractivity contribution in [3.8, 4) is 0 Å². The Kier molecular flexibility index (Phi) is 7.42. The van der Waals surface area contributed by atoms with Crippen LogP contribution in [-0.2, 0) is 13.8 Å². The van der Waals surface area contributed by atoms with Gasteiger partial charge < -0.3 is 14.5 Å². The first-order chi connectivity index (χ1) is 10.7. The minimum absolute atomic E-state index is 0. The molecule has 0 radical (unpaired) electrons. The van der Waals surface area contributed by atoms with E-state index < -0.39 is 44.1 Å². The second-order valence-corrected chi connectivity index (χ2v) is 6.14. The summed E-state index contributed by atoms with van der Waals surface area (Å²) in [6, 6.07) is -0.782. The van der Waals surface area contributed by atoms with Gasteiger partial charge in [-0.25, -0.2) is 9.36 Å². The monoisotopic (exact) mass is 370 g/mol. The molecule has 3 unspecified atom stereocenters. The van der Waals surface area contributed by atoms with Crippen molar-refractivity contribution < 1.29 is 53.2 Å². The Balaban J connectivity index is 0.00000288. The number of hydrogen-bond donors (Lipinski definition) is 3. The van der Waals surface area contributed by atoms with E-state index >= 15 is 0 Å². The molecule has 2 rings (SSSR count). The van der Waals surface area contributed by atoms with Gasteiger partial charge in [-0.15, -0.1) is 0 Å². The number of nitrogens with one attached hydrogen (secondary N) is 1. The molecule has 3 atom stereocenters. The number of aryl methyl sites for hydroxylation is 1. The van der Waals surface area contributed by atoms with Crippen LogP contribution in [-0.4, -0.2) is 38.1 Å². The smallest absolute Gasteiger partial charge is 0.352 e. The van der Waals surface area contributed by atoms with E-state index in [2.05, 4.69) is 19.5 Å². The third-order valence-corrected chi connectivity index (χ3v) is 3.75. The van der Waals surface area contributed by atoms with Gasteiger partial charge in [0.1, 0.15) is 6.23 Å². The summed E-state index contributed by atoms with van der Waals surface area (Å²) in [4.78, 5) is 45.4. The zero-order chi connectivity index (χ0) is 17.2. The number of ether oxygens (including phenoxy) is 1. The molecule has 1 fully saturated rings. The average Bonchev–Trinajstić information content (AvgIpc) is 2.83. The third kappa shape index (κ3) is 5.28. The molecule has 0 amide bonds. The molecule has 0 spiro atoms. The van der Waals surface area contributed by atoms with E-state index in [4.69, 9.17) is 20.1 Å². The molecule has 12 nitrogen and oxygen atoms in total. The summed E-state index contributed by atoms with van der Waals surface area (Å²) in [5, 5.41) is 3.49. The van der Waals surface area contributed by atoms with Gasteiger partial charge in [-0.3, -0.25) is 18.9 Å². The summed E-state index contributed by atoms with van der Waals surface area (Å²) < 4.78 is 21.7. The van der Waals surface area contributed by atoms with Crippen LogP contribution < -0.4 is 40.8 Å². The van der Waals surface area contributed by atoms with Crippen molar-refractivity contribution in [3.63, 3.8) is 0 Å². The van der Waals surface area contributed by atoms with Gasteiger partial charge in [-0.2, -0.15) is 0 Å². The molecular weight excluding hydrogens is 356 g/mol. The second-order valence-electron chi connectivity index (χ2n) is 4.90. The maximum Gasteiger partial charge on any atom is 1.00 e. The Morgan fingerprint density at radius 2 is 2.25 bits per heavy atom. The van der Waals surface area contributed by atoms with E-state index in [0.717, 1.165) is 4.57 Å².